The highest BCUT2D eigenvalue weighted by atomic mass is 32.2. The Labute approximate surface area is 107 Å². The zero-order chi connectivity index (χ0) is 12.3. The standard InChI is InChI=1S/C11H12FN3S2/c1-7(13-2)8-3-4-10(9(12)5-8)17-11-15-14-6-16-11/h3-7,13H,1-2H3. The molecular weight excluding hydrogens is 257 g/mol. The van der Waals surface area contributed by atoms with E-state index in [1.165, 1.54) is 23.1 Å². The topological polar surface area (TPSA) is 37.8 Å². The molecule has 0 amide bonds. The van der Waals surface area contributed by atoms with Gasteiger partial charge in [-0.25, -0.2) is 4.39 Å². The maximum Gasteiger partial charge on any atom is 0.178 e. The minimum absolute atomic E-state index is 0.144. The quantitative estimate of drug-likeness (QED) is 0.925. The fourth-order valence-electron chi connectivity index (χ4n) is 1.34. The number of hydrogen-bond acceptors (Lipinski definition) is 5. The fourth-order valence-corrected chi connectivity index (χ4v) is 2.78. The van der Waals surface area contributed by atoms with E-state index >= 15 is 0 Å². The predicted molar refractivity (Wildman–Crippen MR) is 67.9 cm³/mol. The number of nitrogens with one attached hydrogen (secondary N) is 1. The van der Waals surface area contributed by atoms with E-state index in [4.69, 9.17) is 0 Å². The van der Waals surface area contributed by atoms with Crippen molar-refractivity contribution in [3.63, 3.8) is 0 Å². The Kier molecular flexibility index (Phi) is 4.09. The maximum atomic E-state index is 13.8. The summed E-state index contributed by atoms with van der Waals surface area (Å²) < 4.78 is 14.6. The third kappa shape index (κ3) is 3.02. The van der Waals surface area contributed by atoms with Crippen LogP contribution in [0.25, 0.3) is 0 Å². The Balaban J connectivity index is 2.20. The molecular formula is C11H12FN3S2. The zero-order valence-corrected chi connectivity index (χ0v) is 11.1. The molecule has 1 aromatic heterocycles. The Morgan fingerprint density at radius 2 is 2.29 bits per heavy atom. The van der Waals surface area contributed by atoms with E-state index in [9.17, 15) is 4.39 Å². The summed E-state index contributed by atoms with van der Waals surface area (Å²) in [6.07, 6.45) is 0. The SMILES string of the molecule is CNC(C)c1ccc(Sc2nncs2)c(F)c1. The second kappa shape index (κ2) is 5.57. The van der Waals surface area contributed by atoms with Crippen LogP contribution in [0.15, 0.2) is 32.9 Å². The van der Waals surface area contributed by atoms with Crippen molar-refractivity contribution in [2.24, 2.45) is 0 Å². The number of aromatic nitrogens is 2. The highest BCUT2D eigenvalue weighted by Gasteiger charge is 2.10. The van der Waals surface area contributed by atoms with Gasteiger partial charge in [0, 0.05) is 6.04 Å². The lowest BCUT2D eigenvalue weighted by atomic mass is 10.1. The van der Waals surface area contributed by atoms with Crippen molar-refractivity contribution in [1.82, 2.24) is 15.5 Å². The lowest BCUT2D eigenvalue weighted by molar-refractivity contribution is 0.587. The first-order valence-corrected chi connectivity index (χ1v) is 6.81. The van der Waals surface area contributed by atoms with E-state index in [0.29, 0.717) is 4.90 Å². The van der Waals surface area contributed by atoms with Crippen LogP contribution in [-0.2, 0) is 0 Å². The molecule has 2 rings (SSSR count). The second-order valence-electron chi connectivity index (χ2n) is 3.51. The molecule has 1 atom stereocenters. The van der Waals surface area contributed by atoms with E-state index in [-0.39, 0.29) is 11.9 Å². The first kappa shape index (κ1) is 12.5. The molecule has 0 bridgehead atoms. The molecule has 0 saturated carbocycles. The molecule has 1 aromatic carbocycles. The molecule has 6 heteroatoms. The number of hydrogen-bond donors (Lipinski definition) is 1. The van der Waals surface area contributed by atoms with Crippen molar-refractivity contribution in [1.29, 1.82) is 0 Å². The van der Waals surface area contributed by atoms with Gasteiger partial charge in [0.05, 0.1) is 4.90 Å². The molecule has 1 N–H and O–H groups in total. The average molecular weight is 269 g/mol. The summed E-state index contributed by atoms with van der Waals surface area (Å²) in [4.78, 5) is 0.578. The van der Waals surface area contributed by atoms with Crippen molar-refractivity contribution < 1.29 is 4.39 Å². The smallest absolute Gasteiger partial charge is 0.178 e. The van der Waals surface area contributed by atoms with Crippen LogP contribution in [0.1, 0.15) is 18.5 Å². The lowest BCUT2D eigenvalue weighted by Crippen LogP contribution is -2.12. The Bertz CT molecular complexity index is 487. The largest absolute Gasteiger partial charge is 0.313 e. The monoisotopic (exact) mass is 269 g/mol. The van der Waals surface area contributed by atoms with Gasteiger partial charge in [0.1, 0.15) is 11.3 Å². The van der Waals surface area contributed by atoms with Gasteiger partial charge < -0.3 is 5.32 Å². The highest BCUT2D eigenvalue weighted by Crippen LogP contribution is 2.31. The third-order valence-electron chi connectivity index (χ3n) is 2.43. The van der Waals surface area contributed by atoms with Gasteiger partial charge in [-0.1, -0.05) is 29.2 Å². The molecule has 0 aliphatic heterocycles. The van der Waals surface area contributed by atoms with Crippen LogP contribution >= 0.6 is 23.1 Å². The Morgan fingerprint density at radius 1 is 1.47 bits per heavy atom. The van der Waals surface area contributed by atoms with Crippen molar-refractivity contribution in [2.75, 3.05) is 7.05 Å². The third-order valence-corrected chi connectivity index (χ3v) is 4.26. The normalized spacial score (nSPS) is 12.6. The van der Waals surface area contributed by atoms with Gasteiger partial charge in [-0.05, 0) is 31.7 Å². The molecule has 0 aliphatic rings. The Morgan fingerprint density at radius 3 is 2.88 bits per heavy atom. The first-order chi connectivity index (χ1) is 8.20. The van der Waals surface area contributed by atoms with Gasteiger partial charge in [0.25, 0.3) is 0 Å². The molecule has 3 nitrogen and oxygen atoms in total. The predicted octanol–water partition coefficient (Wildman–Crippen LogP) is 3.11. The van der Waals surface area contributed by atoms with Crippen LogP contribution in [0.2, 0.25) is 0 Å². The minimum Gasteiger partial charge on any atom is -0.313 e. The van der Waals surface area contributed by atoms with E-state index in [2.05, 4.69) is 15.5 Å². The Hall–Kier alpha value is -0.980. The summed E-state index contributed by atoms with van der Waals surface area (Å²) >= 11 is 2.70. The van der Waals surface area contributed by atoms with Crippen molar-refractivity contribution in [3.8, 4) is 0 Å². The number of halogens is 1. The van der Waals surface area contributed by atoms with Crippen LogP contribution in [-0.4, -0.2) is 17.2 Å². The van der Waals surface area contributed by atoms with Gasteiger partial charge >= 0.3 is 0 Å². The zero-order valence-electron chi connectivity index (χ0n) is 9.48. The molecule has 90 valence electrons. The van der Waals surface area contributed by atoms with Crippen LogP contribution < -0.4 is 5.32 Å². The van der Waals surface area contributed by atoms with Crippen LogP contribution in [0.4, 0.5) is 4.39 Å². The summed E-state index contributed by atoms with van der Waals surface area (Å²) in [7, 11) is 1.85. The van der Waals surface area contributed by atoms with E-state index < -0.39 is 0 Å². The molecule has 1 unspecified atom stereocenters. The number of nitrogens with zero attached hydrogens (tertiary/aromatic N) is 2. The van der Waals surface area contributed by atoms with Crippen molar-refractivity contribution in [3.05, 3.63) is 35.1 Å². The van der Waals surface area contributed by atoms with Crippen LogP contribution in [0, 0.1) is 5.82 Å². The van der Waals surface area contributed by atoms with Crippen molar-refractivity contribution >= 4 is 23.1 Å². The summed E-state index contributed by atoms with van der Waals surface area (Å²) in [5.74, 6) is -0.218. The molecule has 0 aliphatic carbocycles. The molecule has 0 fully saturated rings. The highest BCUT2D eigenvalue weighted by molar-refractivity contribution is 8.01. The van der Waals surface area contributed by atoms with Gasteiger partial charge in [-0.2, -0.15) is 0 Å². The van der Waals surface area contributed by atoms with Gasteiger partial charge in [-0.15, -0.1) is 10.2 Å². The summed E-state index contributed by atoms with van der Waals surface area (Å²) in [6.45, 7) is 1.99. The van der Waals surface area contributed by atoms with E-state index in [1.807, 2.05) is 20.0 Å². The first-order valence-electron chi connectivity index (χ1n) is 5.11. The molecule has 2 aromatic rings. The fraction of sp³-hybridized carbons (Fsp3) is 0.273. The average Bonchev–Trinajstić information content (AvgIpc) is 2.83. The van der Waals surface area contributed by atoms with Gasteiger partial charge in [0.15, 0.2) is 4.34 Å². The number of benzene rings is 1. The minimum atomic E-state index is -0.218. The van der Waals surface area contributed by atoms with Gasteiger partial charge in [0.2, 0.25) is 0 Å². The van der Waals surface area contributed by atoms with Crippen LogP contribution in [0.5, 0.6) is 0 Å². The molecule has 1 heterocycles. The molecule has 0 radical (unpaired) electrons. The van der Waals surface area contributed by atoms with Crippen LogP contribution in [0.3, 0.4) is 0 Å². The number of rotatable bonds is 4. The molecule has 0 spiro atoms. The summed E-state index contributed by atoms with van der Waals surface area (Å²) in [6, 6.07) is 5.41. The van der Waals surface area contributed by atoms with E-state index in [1.54, 1.807) is 17.6 Å². The summed E-state index contributed by atoms with van der Waals surface area (Å²) in [5.41, 5.74) is 2.57. The summed E-state index contributed by atoms with van der Waals surface area (Å²) in [5, 5.41) is 10.7. The second-order valence-corrected chi connectivity index (χ2v) is 5.63. The molecule has 0 saturated heterocycles. The molecule has 17 heavy (non-hydrogen) atoms. The lowest BCUT2D eigenvalue weighted by Gasteiger charge is -2.11. The maximum absolute atomic E-state index is 13.8. The van der Waals surface area contributed by atoms with Crippen molar-refractivity contribution in [2.45, 2.75) is 22.2 Å². The van der Waals surface area contributed by atoms with E-state index in [0.717, 1.165) is 9.90 Å². The van der Waals surface area contributed by atoms with Gasteiger partial charge in [-0.3, -0.25) is 0 Å².